The highest BCUT2D eigenvalue weighted by molar-refractivity contribution is 6.99. The van der Waals surface area contributed by atoms with Crippen LogP contribution in [-0.4, -0.2) is 31.1 Å². The van der Waals surface area contributed by atoms with Crippen molar-refractivity contribution in [1.82, 2.24) is 18.6 Å². The number of rotatable bonds is 5. The lowest BCUT2D eigenvalue weighted by molar-refractivity contribution is 0.0709. The minimum Gasteiger partial charge on any atom is -0.326 e. The lowest BCUT2D eigenvalue weighted by Crippen LogP contribution is -2.36. The Morgan fingerprint density at radius 1 is 1.28 bits per heavy atom. The maximum Gasteiger partial charge on any atom is 0.276 e. The van der Waals surface area contributed by atoms with Crippen LogP contribution in [0.2, 0.25) is 0 Å². The molecule has 8 heteroatoms. The Balaban J connectivity index is 2.11. The SMILES string of the molecule is CCN(C(=O)c1cnsn1)C(c1cccnc1)c1ccc(F)cc1F. The average molecular weight is 360 g/mol. The van der Waals surface area contributed by atoms with Gasteiger partial charge in [-0.15, -0.1) is 0 Å². The van der Waals surface area contributed by atoms with Gasteiger partial charge in [-0.1, -0.05) is 12.1 Å². The number of nitrogens with zero attached hydrogens (tertiary/aromatic N) is 4. The van der Waals surface area contributed by atoms with Gasteiger partial charge in [-0.25, -0.2) is 8.78 Å². The molecule has 0 spiro atoms. The largest absolute Gasteiger partial charge is 0.326 e. The molecule has 0 saturated heterocycles. The van der Waals surface area contributed by atoms with Gasteiger partial charge in [0.15, 0.2) is 5.69 Å². The zero-order chi connectivity index (χ0) is 17.8. The van der Waals surface area contributed by atoms with Crippen LogP contribution in [0.25, 0.3) is 0 Å². The van der Waals surface area contributed by atoms with Crippen LogP contribution < -0.4 is 0 Å². The highest BCUT2D eigenvalue weighted by atomic mass is 32.1. The van der Waals surface area contributed by atoms with Crippen molar-refractivity contribution in [1.29, 1.82) is 0 Å². The van der Waals surface area contributed by atoms with E-state index in [-0.39, 0.29) is 17.2 Å². The molecule has 1 aromatic carbocycles. The number of aromatic nitrogens is 3. The second-order valence-electron chi connectivity index (χ2n) is 5.24. The minimum atomic E-state index is -0.756. The van der Waals surface area contributed by atoms with E-state index in [0.29, 0.717) is 12.1 Å². The van der Waals surface area contributed by atoms with E-state index < -0.39 is 17.7 Å². The van der Waals surface area contributed by atoms with Crippen molar-refractivity contribution in [2.24, 2.45) is 0 Å². The summed E-state index contributed by atoms with van der Waals surface area (Å²) in [7, 11) is 0. The fraction of sp³-hybridized carbons (Fsp3) is 0.176. The third kappa shape index (κ3) is 3.53. The van der Waals surface area contributed by atoms with Gasteiger partial charge in [0.1, 0.15) is 11.6 Å². The lowest BCUT2D eigenvalue weighted by atomic mass is 9.97. The second kappa shape index (κ2) is 7.43. The summed E-state index contributed by atoms with van der Waals surface area (Å²) in [4.78, 5) is 18.3. The van der Waals surface area contributed by atoms with Gasteiger partial charge in [-0.05, 0) is 24.6 Å². The summed E-state index contributed by atoms with van der Waals surface area (Å²) in [5.74, 6) is -1.78. The standard InChI is InChI=1S/C17H14F2N4OS/c1-2-23(17(24)15-10-21-25-22-15)16(11-4-3-7-20-9-11)13-6-5-12(18)8-14(13)19/h3-10,16H,2H2,1H3. The van der Waals surface area contributed by atoms with Crippen LogP contribution in [0.5, 0.6) is 0 Å². The molecule has 25 heavy (non-hydrogen) atoms. The van der Waals surface area contributed by atoms with E-state index >= 15 is 0 Å². The van der Waals surface area contributed by atoms with Crippen LogP contribution in [0.15, 0.2) is 48.9 Å². The molecule has 1 unspecified atom stereocenters. The minimum absolute atomic E-state index is 0.184. The van der Waals surface area contributed by atoms with Gasteiger partial charge in [-0.3, -0.25) is 9.78 Å². The highest BCUT2D eigenvalue weighted by Gasteiger charge is 2.30. The molecule has 1 amide bonds. The van der Waals surface area contributed by atoms with Crippen LogP contribution in [0.3, 0.4) is 0 Å². The molecule has 1 atom stereocenters. The molecule has 2 aromatic heterocycles. The molecular formula is C17H14F2N4OS. The Bertz CT molecular complexity index is 858. The van der Waals surface area contributed by atoms with Gasteiger partial charge in [0, 0.05) is 30.6 Å². The molecule has 0 bridgehead atoms. The third-order valence-corrected chi connectivity index (χ3v) is 4.23. The maximum absolute atomic E-state index is 14.5. The zero-order valence-corrected chi connectivity index (χ0v) is 14.1. The fourth-order valence-electron chi connectivity index (χ4n) is 2.64. The van der Waals surface area contributed by atoms with Gasteiger partial charge in [-0.2, -0.15) is 8.75 Å². The van der Waals surface area contributed by atoms with Gasteiger partial charge < -0.3 is 4.90 Å². The normalized spacial score (nSPS) is 12.0. The topological polar surface area (TPSA) is 59.0 Å². The van der Waals surface area contributed by atoms with Crippen molar-refractivity contribution in [3.05, 3.63) is 77.4 Å². The summed E-state index contributed by atoms with van der Waals surface area (Å²) < 4.78 is 35.6. The van der Waals surface area contributed by atoms with Crippen molar-refractivity contribution in [2.45, 2.75) is 13.0 Å². The fourth-order valence-corrected chi connectivity index (χ4v) is 3.05. The predicted molar refractivity (Wildman–Crippen MR) is 89.1 cm³/mol. The molecule has 0 aliphatic rings. The molecule has 2 heterocycles. The highest BCUT2D eigenvalue weighted by Crippen LogP contribution is 2.31. The number of benzene rings is 1. The molecule has 128 valence electrons. The molecule has 5 nitrogen and oxygen atoms in total. The Morgan fingerprint density at radius 3 is 2.72 bits per heavy atom. The Hall–Kier alpha value is -2.74. The first-order chi connectivity index (χ1) is 12.1. The van der Waals surface area contributed by atoms with E-state index in [1.807, 2.05) is 0 Å². The van der Waals surface area contributed by atoms with Crippen molar-refractivity contribution in [3.8, 4) is 0 Å². The summed E-state index contributed by atoms with van der Waals surface area (Å²) in [6, 6.07) is 6.01. The monoisotopic (exact) mass is 360 g/mol. The van der Waals surface area contributed by atoms with Crippen molar-refractivity contribution >= 4 is 17.6 Å². The van der Waals surface area contributed by atoms with E-state index in [9.17, 15) is 13.6 Å². The number of halogens is 2. The van der Waals surface area contributed by atoms with Crippen LogP contribution in [-0.2, 0) is 0 Å². The second-order valence-corrected chi connectivity index (χ2v) is 5.80. The van der Waals surface area contributed by atoms with E-state index in [1.165, 1.54) is 23.2 Å². The molecule has 3 aromatic rings. The molecule has 3 rings (SSSR count). The molecule has 0 saturated carbocycles. The average Bonchev–Trinajstić information content (AvgIpc) is 3.15. The molecule has 0 N–H and O–H groups in total. The molecule has 0 aliphatic heterocycles. The summed E-state index contributed by atoms with van der Waals surface area (Å²) in [5, 5.41) is 0. The Kier molecular flexibility index (Phi) is 5.08. The zero-order valence-electron chi connectivity index (χ0n) is 13.3. The van der Waals surface area contributed by atoms with E-state index in [0.717, 1.165) is 17.8 Å². The summed E-state index contributed by atoms with van der Waals surface area (Å²) in [6.45, 7) is 2.08. The van der Waals surface area contributed by atoms with Gasteiger partial charge in [0.05, 0.1) is 24.0 Å². The van der Waals surface area contributed by atoms with Crippen molar-refractivity contribution in [3.63, 3.8) is 0 Å². The van der Waals surface area contributed by atoms with Crippen molar-refractivity contribution in [2.75, 3.05) is 6.54 Å². The molecule has 0 radical (unpaired) electrons. The summed E-state index contributed by atoms with van der Waals surface area (Å²) >= 11 is 0.921. The molecular weight excluding hydrogens is 346 g/mol. The summed E-state index contributed by atoms with van der Waals surface area (Å²) in [5.41, 5.74) is 0.988. The van der Waals surface area contributed by atoms with E-state index in [1.54, 1.807) is 31.5 Å². The van der Waals surface area contributed by atoms with Crippen LogP contribution in [0, 0.1) is 11.6 Å². The molecule has 0 fully saturated rings. The van der Waals surface area contributed by atoms with Crippen LogP contribution >= 0.6 is 11.7 Å². The number of hydrogen-bond acceptors (Lipinski definition) is 5. The van der Waals surface area contributed by atoms with Gasteiger partial charge in [0.25, 0.3) is 5.91 Å². The first kappa shape index (κ1) is 17.1. The van der Waals surface area contributed by atoms with E-state index in [2.05, 4.69) is 13.7 Å². The molecule has 0 aliphatic carbocycles. The van der Waals surface area contributed by atoms with Crippen LogP contribution in [0.1, 0.15) is 34.6 Å². The maximum atomic E-state index is 14.5. The number of pyridine rings is 1. The first-order valence-corrected chi connectivity index (χ1v) is 8.28. The third-order valence-electron chi connectivity index (χ3n) is 3.75. The van der Waals surface area contributed by atoms with E-state index in [4.69, 9.17) is 0 Å². The summed E-state index contributed by atoms with van der Waals surface area (Å²) in [6.07, 6.45) is 4.52. The first-order valence-electron chi connectivity index (χ1n) is 7.55. The van der Waals surface area contributed by atoms with Gasteiger partial charge >= 0.3 is 0 Å². The lowest BCUT2D eigenvalue weighted by Gasteiger charge is -2.31. The Labute approximate surface area is 147 Å². The number of carbonyl (C=O) groups is 1. The van der Waals surface area contributed by atoms with Gasteiger partial charge in [0.2, 0.25) is 0 Å². The number of amides is 1. The smallest absolute Gasteiger partial charge is 0.276 e. The van der Waals surface area contributed by atoms with Crippen LogP contribution in [0.4, 0.5) is 8.78 Å². The Morgan fingerprint density at radius 2 is 2.12 bits per heavy atom. The number of carbonyl (C=O) groups excluding carboxylic acids is 1. The van der Waals surface area contributed by atoms with Crippen molar-refractivity contribution < 1.29 is 13.6 Å². The quantitative estimate of drug-likeness (QED) is 0.699. The predicted octanol–water partition coefficient (Wildman–Crippen LogP) is 3.46. The number of hydrogen-bond donors (Lipinski definition) is 0.